The van der Waals surface area contributed by atoms with Crippen LogP contribution < -0.4 is 5.73 Å². The van der Waals surface area contributed by atoms with E-state index < -0.39 is 11.7 Å². The molecule has 1 aromatic carbocycles. The van der Waals surface area contributed by atoms with Gasteiger partial charge in [0.05, 0.1) is 5.56 Å². The average molecular weight is 281 g/mol. The van der Waals surface area contributed by atoms with Crippen LogP contribution in [0.4, 0.5) is 10.1 Å². The molecule has 0 saturated heterocycles. The molecule has 0 aliphatic rings. The first-order chi connectivity index (χ1) is 9.36. The zero-order valence-electron chi connectivity index (χ0n) is 12.0. The van der Waals surface area contributed by atoms with Crippen molar-refractivity contribution >= 4 is 17.5 Å². The Morgan fingerprint density at radius 1 is 1.30 bits per heavy atom. The third kappa shape index (κ3) is 3.94. The molecule has 1 aromatic rings. The molecule has 0 aliphatic heterocycles. The molecule has 0 aromatic heterocycles. The van der Waals surface area contributed by atoms with Crippen LogP contribution in [0.1, 0.15) is 23.7 Å². The maximum absolute atomic E-state index is 13.2. The second kappa shape index (κ2) is 6.88. The molecular weight excluding hydrogens is 261 g/mol. The highest BCUT2D eigenvalue weighted by atomic mass is 19.1. The summed E-state index contributed by atoms with van der Waals surface area (Å²) in [6.45, 7) is 2.26. The number of halogens is 1. The maximum Gasteiger partial charge on any atom is 0.256 e. The summed E-state index contributed by atoms with van der Waals surface area (Å²) in [5.41, 5.74) is 6.00. The number of nitrogens with zero attached hydrogens (tertiary/aromatic N) is 2. The number of nitrogens with two attached hydrogens (primary N) is 1. The van der Waals surface area contributed by atoms with Gasteiger partial charge in [0, 0.05) is 26.3 Å². The third-order valence-electron chi connectivity index (χ3n) is 2.85. The number of hydrogen-bond acceptors (Lipinski definition) is 3. The van der Waals surface area contributed by atoms with Gasteiger partial charge in [0.25, 0.3) is 5.91 Å². The largest absolute Gasteiger partial charge is 0.398 e. The molecule has 0 spiro atoms. The van der Waals surface area contributed by atoms with Crippen LogP contribution in [0.2, 0.25) is 0 Å². The quantitative estimate of drug-likeness (QED) is 0.828. The summed E-state index contributed by atoms with van der Waals surface area (Å²) in [5.74, 6) is -1.15. The van der Waals surface area contributed by atoms with Crippen LogP contribution in [0.15, 0.2) is 18.2 Å². The van der Waals surface area contributed by atoms with Crippen LogP contribution in [0.5, 0.6) is 0 Å². The molecule has 2 N–H and O–H groups in total. The summed E-state index contributed by atoms with van der Waals surface area (Å²) in [6, 6.07) is 3.64. The lowest BCUT2D eigenvalue weighted by Gasteiger charge is -2.24. The summed E-state index contributed by atoms with van der Waals surface area (Å²) in [6.07, 6.45) is 0.696. The second-order valence-corrected chi connectivity index (χ2v) is 4.75. The highest BCUT2D eigenvalue weighted by Gasteiger charge is 2.21. The average Bonchev–Trinajstić information content (AvgIpc) is 2.40. The molecule has 5 nitrogen and oxygen atoms in total. The number of amides is 2. The van der Waals surface area contributed by atoms with Gasteiger partial charge >= 0.3 is 0 Å². The molecule has 0 saturated carbocycles. The molecule has 1 rings (SSSR count). The fourth-order valence-corrected chi connectivity index (χ4v) is 1.71. The minimum Gasteiger partial charge on any atom is -0.398 e. The third-order valence-corrected chi connectivity index (χ3v) is 2.85. The first-order valence-electron chi connectivity index (χ1n) is 6.41. The van der Waals surface area contributed by atoms with Crippen LogP contribution in [0.25, 0.3) is 0 Å². The molecule has 20 heavy (non-hydrogen) atoms. The fraction of sp³-hybridized carbons (Fsp3) is 0.429. The van der Waals surface area contributed by atoms with E-state index in [0.29, 0.717) is 13.0 Å². The number of rotatable bonds is 5. The number of anilines is 1. The first kappa shape index (κ1) is 15.9. The highest BCUT2D eigenvalue weighted by Crippen LogP contribution is 2.16. The van der Waals surface area contributed by atoms with Gasteiger partial charge in [0.2, 0.25) is 5.91 Å². The van der Waals surface area contributed by atoms with Crippen LogP contribution >= 0.6 is 0 Å². The van der Waals surface area contributed by atoms with Gasteiger partial charge in [-0.15, -0.1) is 0 Å². The van der Waals surface area contributed by atoms with E-state index in [0.717, 1.165) is 6.07 Å². The van der Waals surface area contributed by atoms with Crippen molar-refractivity contribution in [1.29, 1.82) is 0 Å². The van der Waals surface area contributed by atoms with Crippen molar-refractivity contribution in [3.8, 4) is 0 Å². The van der Waals surface area contributed by atoms with Gasteiger partial charge in [-0.25, -0.2) is 4.39 Å². The molecule has 0 heterocycles. The van der Waals surface area contributed by atoms with Gasteiger partial charge in [-0.05, 0) is 24.6 Å². The van der Waals surface area contributed by atoms with Crippen molar-refractivity contribution in [3.63, 3.8) is 0 Å². The number of likely N-dealkylation sites (N-methyl/N-ethyl adjacent to an activating group) is 1. The summed E-state index contributed by atoms with van der Waals surface area (Å²) in [7, 11) is 3.24. The Hall–Kier alpha value is -2.11. The Morgan fingerprint density at radius 3 is 2.50 bits per heavy atom. The molecule has 0 radical (unpaired) electrons. The Morgan fingerprint density at radius 2 is 1.95 bits per heavy atom. The second-order valence-electron chi connectivity index (χ2n) is 4.75. The lowest BCUT2D eigenvalue weighted by atomic mass is 10.1. The molecule has 0 bridgehead atoms. The summed E-state index contributed by atoms with van der Waals surface area (Å²) >= 11 is 0. The van der Waals surface area contributed by atoms with E-state index in [1.54, 1.807) is 14.1 Å². The smallest absolute Gasteiger partial charge is 0.256 e. The molecule has 0 fully saturated rings. The maximum atomic E-state index is 13.2. The van der Waals surface area contributed by atoms with Crippen LogP contribution in [-0.2, 0) is 4.79 Å². The fourth-order valence-electron chi connectivity index (χ4n) is 1.71. The highest BCUT2D eigenvalue weighted by molar-refractivity contribution is 6.00. The van der Waals surface area contributed by atoms with E-state index >= 15 is 0 Å². The van der Waals surface area contributed by atoms with Gasteiger partial charge in [0.1, 0.15) is 12.4 Å². The molecule has 6 heteroatoms. The summed E-state index contributed by atoms with van der Waals surface area (Å²) in [4.78, 5) is 26.9. The molecular formula is C14H20FN3O2. The molecule has 0 aliphatic carbocycles. The van der Waals surface area contributed by atoms with Crippen LogP contribution in [-0.4, -0.2) is 48.8 Å². The lowest BCUT2D eigenvalue weighted by Crippen LogP contribution is -2.41. The SMILES string of the molecule is CCCN(CC(=O)N(C)C)C(=O)c1cc(F)ccc1N. The molecule has 110 valence electrons. The normalized spacial score (nSPS) is 10.2. The van der Waals surface area contributed by atoms with E-state index in [-0.39, 0.29) is 23.7 Å². The van der Waals surface area contributed by atoms with Crippen LogP contribution in [0.3, 0.4) is 0 Å². The van der Waals surface area contributed by atoms with Crippen molar-refractivity contribution in [3.05, 3.63) is 29.6 Å². The van der Waals surface area contributed by atoms with Gasteiger partial charge < -0.3 is 15.5 Å². The van der Waals surface area contributed by atoms with Gasteiger partial charge in [-0.3, -0.25) is 9.59 Å². The minimum atomic E-state index is -0.530. The predicted octanol–water partition coefficient (Wildman–Crippen LogP) is 1.35. The Labute approximate surface area is 118 Å². The summed E-state index contributed by atoms with van der Waals surface area (Å²) in [5, 5.41) is 0. The number of carbonyl (C=O) groups is 2. The molecule has 2 amide bonds. The zero-order valence-corrected chi connectivity index (χ0v) is 12.0. The van der Waals surface area contributed by atoms with Crippen molar-refractivity contribution in [2.24, 2.45) is 0 Å². The number of hydrogen-bond donors (Lipinski definition) is 1. The van der Waals surface area contributed by atoms with Gasteiger partial charge in [-0.2, -0.15) is 0 Å². The van der Waals surface area contributed by atoms with E-state index in [1.165, 1.54) is 21.9 Å². The van der Waals surface area contributed by atoms with Crippen molar-refractivity contribution in [1.82, 2.24) is 9.80 Å². The monoisotopic (exact) mass is 281 g/mol. The van der Waals surface area contributed by atoms with E-state index in [9.17, 15) is 14.0 Å². The van der Waals surface area contributed by atoms with Crippen molar-refractivity contribution in [2.75, 3.05) is 32.9 Å². The zero-order chi connectivity index (χ0) is 15.3. The summed E-state index contributed by atoms with van der Waals surface area (Å²) < 4.78 is 13.2. The van der Waals surface area contributed by atoms with Crippen molar-refractivity contribution < 1.29 is 14.0 Å². The van der Waals surface area contributed by atoms with Crippen molar-refractivity contribution in [2.45, 2.75) is 13.3 Å². The standard InChI is InChI=1S/C14H20FN3O2/c1-4-7-18(9-13(19)17(2)3)14(20)11-8-10(15)5-6-12(11)16/h5-6,8H,4,7,9,16H2,1-3H3. The number of nitrogen functional groups attached to an aromatic ring is 1. The first-order valence-corrected chi connectivity index (χ1v) is 6.41. The number of benzene rings is 1. The van der Waals surface area contributed by atoms with E-state index in [2.05, 4.69) is 0 Å². The predicted molar refractivity (Wildman–Crippen MR) is 75.7 cm³/mol. The Kier molecular flexibility index (Phi) is 5.49. The lowest BCUT2D eigenvalue weighted by molar-refractivity contribution is -0.129. The van der Waals surface area contributed by atoms with E-state index in [4.69, 9.17) is 5.73 Å². The number of carbonyl (C=O) groups excluding carboxylic acids is 2. The molecule has 0 atom stereocenters. The molecule has 0 unspecified atom stereocenters. The minimum absolute atomic E-state index is 0.0460. The van der Waals surface area contributed by atoms with Crippen LogP contribution in [0, 0.1) is 5.82 Å². The topological polar surface area (TPSA) is 66.6 Å². The van der Waals surface area contributed by atoms with E-state index in [1.807, 2.05) is 6.92 Å². The van der Waals surface area contributed by atoms with Gasteiger partial charge in [0.15, 0.2) is 0 Å². The van der Waals surface area contributed by atoms with Gasteiger partial charge in [-0.1, -0.05) is 6.92 Å². The Bertz CT molecular complexity index is 503. The Balaban J connectivity index is 2.99.